The molecule has 0 radical (unpaired) electrons. The monoisotopic (exact) mass is 569 g/mol. The summed E-state index contributed by atoms with van der Waals surface area (Å²) >= 11 is 0. The number of aromatic hydroxyl groups is 2. The van der Waals surface area contributed by atoms with Gasteiger partial charge in [0, 0.05) is 27.6 Å². The lowest BCUT2D eigenvalue weighted by molar-refractivity contribution is 0.475. The Labute approximate surface area is 256 Å². The first-order valence-electron chi connectivity index (χ1n) is 15.0. The van der Waals surface area contributed by atoms with Crippen LogP contribution in [0.5, 0.6) is 11.5 Å². The number of nitrogens with zero attached hydrogens (tertiary/aromatic N) is 1. The van der Waals surface area contributed by atoms with Gasteiger partial charge in [0.1, 0.15) is 11.5 Å². The average Bonchev–Trinajstić information content (AvgIpc) is 3.28. The number of hydrogen-bond donors (Lipinski definition) is 2. The third-order valence-corrected chi connectivity index (χ3v) is 9.21. The van der Waals surface area contributed by atoms with Gasteiger partial charge in [-0.1, -0.05) is 98.8 Å². The van der Waals surface area contributed by atoms with E-state index in [0.29, 0.717) is 0 Å². The van der Waals surface area contributed by atoms with E-state index in [-0.39, 0.29) is 16.9 Å². The molecule has 0 spiro atoms. The molecular formula is C41H31NO2. The van der Waals surface area contributed by atoms with Crippen LogP contribution in [-0.4, -0.2) is 10.2 Å². The maximum absolute atomic E-state index is 10.1. The number of anilines is 3. The molecule has 1 aliphatic carbocycles. The Morgan fingerprint density at radius 2 is 0.955 bits per heavy atom. The van der Waals surface area contributed by atoms with E-state index < -0.39 is 0 Å². The van der Waals surface area contributed by atoms with Crippen molar-refractivity contribution in [3.8, 4) is 33.8 Å². The van der Waals surface area contributed by atoms with Crippen LogP contribution in [-0.2, 0) is 5.41 Å². The molecule has 0 aliphatic heterocycles. The second kappa shape index (κ2) is 9.75. The first-order valence-corrected chi connectivity index (χ1v) is 15.0. The Morgan fingerprint density at radius 3 is 1.52 bits per heavy atom. The van der Waals surface area contributed by atoms with Crippen molar-refractivity contribution in [1.82, 2.24) is 0 Å². The zero-order valence-corrected chi connectivity index (χ0v) is 24.6. The van der Waals surface area contributed by atoms with Crippen LogP contribution in [0, 0.1) is 0 Å². The van der Waals surface area contributed by atoms with E-state index in [1.807, 2.05) is 24.3 Å². The zero-order valence-electron chi connectivity index (χ0n) is 24.6. The SMILES string of the molecule is CC1(C)c2ccccc2-c2ccc(-c3c4ccccc4c(N(c4ccc(O)cc4)c4ccc(O)cc4)c4ccccc34)cc21. The van der Waals surface area contributed by atoms with Crippen LogP contribution in [0.1, 0.15) is 25.0 Å². The first-order chi connectivity index (χ1) is 21.4. The van der Waals surface area contributed by atoms with Gasteiger partial charge in [-0.2, -0.15) is 0 Å². The van der Waals surface area contributed by atoms with E-state index in [1.165, 1.54) is 33.4 Å². The lowest BCUT2D eigenvalue weighted by Crippen LogP contribution is -2.15. The van der Waals surface area contributed by atoms with Gasteiger partial charge in [0.2, 0.25) is 0 Å². The van der Waals surface area contributed by atoms with Gasteiger partial charge in [-0.05, 0) is 98.8 Å². The molecule has 212 valence electrons. The molecule has 8 rings (SSSR count). The molecule has 0 unspecified atom stereocenters. The van der Waals surface area contributed by atoms with Crippen LogP contribution in [0.25, 0.3) is 43.8 Å². The maximum atomic E-state index is 10.1. The number of fused-ring (bicyclic) bond motifs is 5. The molecule has 2 N–H and O–H groups in total. The van der Waals surface area contributed by atoms with E-state index in [0.717, 1.165) is 38.6 Å². The van der Waals surface area contributed by atoms with Gasteiger partial charge >= 0.3 is 0 Å². The van der Waals surface area contributed by atoms with Crippen LogP contribution in [0.4, 0.5) is 17.1 Å². The highest BCUT2D eigenvalue weighted by Gasteiger charge is 2.35. The third kappa shape index (κ3) is 3.90. The fraction of sp³-hybridized carbons (Fsp3) is 0.0732. The average molecular weight is 570 g/mol. The maximum Gasteiger partial charge on any atom is 0.115 e. The second-order valence-electron chi connectivity index (χ2n) is 12.1. The Morgan fingerprint density at radius 1 is 0.477 bits per heavy atom. The summed E-state index contributed by atoms with van der Waals surface area (Å²) in [4.78, 5) is 2.22. The number of hydrogen-bond acceptors (Lipinski definition) is 3. The Bertz CT molecular complexity index is 2110. The summed E-state index contributed by atoms with van der Waals surface area (Å²) < 4.78 is 0. The van der Waals surface area contributed by atoms with Crippen LogP contribution >= 0.6 is 0 Å². The van der Waals surface area contributed by atoms with Gasteiger partial charge in [-0.15, -0.1) is 0 Å². The number of phenolic OH excluding ortho intramolecular Hbond substituents is 2. The quantitative estimate of drug-likeness (QED) is 0.207. The number of phenols is 2. The highest BCUT2D eigenvalue weighted by molar-refractivity contribution is 6.22. The minimum absolute atomic E-state index is 0.0952. The second-order valence-corrected chi connectivity index (χ2v) is 12.1. The van der Waals surface area contributed by atoms with Crippen molar-refractivity contribution in [2.45, 2.75) is 19.3 Å². The molecule has 0 bridgehead atoms. The molecule has 7 aromatic carbocycles. The summed E-state index contributed by atoms with van der Waals surface area (Å²) in [7, 11) is 0. The normalized spacial score (nSPS) is 13.1. The van der Waals surface area contributed by atoms with Gasteiger partial charge in [0.05, 0.1) is 5.69 Å². The summed E-state index contributed by atoms with van der Waals surface area (Å²) in [6, 6.07) is 47.6. The lowest BCUT2D eigenvalue weighted by atomic mass is 9.81. The van der Waals surface area contributed by atoms with Crippen molar-refractivity contribution < 1.29 is 10.2 Å². The number of benzene rings is 7. The van der Waals surface area contributed by atoms with Gasteiger partial charge in [0.25, 0.3) is 0 Å². The van der Waals surface area contributed by atoms with Crippen molar-refractivity contribution in [2.24, 2.45) is 0 Å². The fourth-order valence-corrected chi connectivity index (χ4v) is 7.13. The topological polar surface area (TPSA) is 43.7 Å². The molecule has 0 aromatic heterocycles. The largest absolute Gasteiger partial charge is 0.508 e. The summed E-state index contributed by atoms with van der Waals surface area (Å²) in [5, 5.41) is 24.8. The molecule has 0 atom stereocenters. The van der Waals surface area contributed by atoms with Gasteiger partial charge in [0.15, 0.2) is 0 Å². The summed E-state index contributed by atoms with van der Waals surface area (Å²) in [5.41, 5.74) is 10.5. The Balaban J connectivity index is 1.44. The molecule has 0 fully saturated rings. The van der Waals surface area contributed by atoms with Crippen molar-refractivity contribution in [1.29, 1.82) is 0 Å². The summed E-state index contributed by atoms with van der Waals surface area (Å²) in [5.74, 6) is 0.428. The van der Waals surface area contributed by atoms with Gasteiger partial charge in [-0.3, -0.25) is 0 Å². The highest BCUT2D eigenvalue weighted by atomic mass is 16.3. The molecule has 3 nitrogen and oxygen atoms in total. The van der Waals surface area contributed by atoms with Gasteiger partial charge < -0.3 is 15.1 Å². The van der Waals surface area contributed by atoms with E-state index in [4.69, 9.17) is 0 Å². The van der Waals surface area contributed by atoms with Gasteiger partial charge in [-0.25, -0.2) is 0 Å². The van der Waals surface area contributed by atoms with Crippen LogP contribution in [0.2, 0.25) is 0 Å². The molecule has 1 aliphatic rings. The molecule has 7 aromatic rings. The predicted octanol–water partition coefficient (Wildman–Crippen LogP) is 10.8. The van der Waals surface area contributed by atoms with Crippen molar-refractivity contribution in [3.63, 3.8) is 0 Å². The molecule has 0 amide bonds. The fourth-order valence-electron chi connectivity index (χ4n) is 7.13. The Kier molecular flexibility index (Phi) is 5.79. The van der Waals surface area contributed by atoms with E-state index >= 15 is 0 Å². The van der Waals surface area contributed by atoms with Crippen molar-refractivity contribution in [3.05, 3.63) is 151 Å². The van der Waals surface area contributed by atoms with E-state index in [9.17, 15) is 10.2 Å². The molecule has 0 saturated carbocycles. The van der Waals surface area contributed by atoms with E-state index in [2.05, 4.69) is 110 Å². The zero-order chi connectivity index (χ0) is 30.0. The van der Waals surface area contributed by atoms with Crippen molar-refractivity contribution >= 4 is 38.6 Å². The highest BCUT2D eigenvalue weighted by Crippen LogP contribution is 2.52. The summed E-state index contributed by atoms with van der Waals surface area (Å²) in [6.07, 6.45) is 0. The Hall–Kier alpha value is -5.54. The molecule has 44 heavy (non-hydrogen) atoms. The smallest absolute Gasteiger partial charge is 0.115 e. The minimum atomic E-state index is -0.0952. The molecule has 0 saturated heterocycles. The summed E-state index contributed by atoms with van der Waals surface area (Å²) in [6.45, 7) is 4.65. The number of rotatable bonds is 4. The molecular weight excluding hydrogens is 538 g/mol. The predicted molar refractivity (Wildman–Crippen MR) is 182 cm³/mol. The van der Waals surface area contributed by atoms with E-state index in [1.54, 1.807) is 24.3 Å². The molecule has 3 heteroatoms. The standard InChI is InChI=1S/C41H31NO2/c1-41(2)37-14-8-7-9-31(37)32-24-15-26(25-38(32)41)39-33-10-3-5-12-35(33)40(36-13-6-4-11-34(36)39)42(27-16-20-29(43)21-17-27)28-18-22-30(44)23-19-28/h3-25,43-44H,1-2H3. The lowest BCUT2D eigenvalue weighted by Gasteiger charge is -2.29. The molecule has 0 heterocycles. The first kappa shape index (κ1) is 26.1. The third-order valence-electron chi connectivity index (χ3n) is 9.21. The van der Waals surface area contributed by atoms with Crippen LogP contribution in [0.15, 0.2) is 140 Å². The van der Waals surface area contributed by atoms with Crippen molar-refractivity contribution in [2.75, 3.05) is 4.90 Å². The van der Waals surface area contributed by atoms with Crippen LogP contribution in [0.3, 0.4) is 0 Å². The van der Waals surface area contributed by atoms with Crippen LogP contribution < -0.4 is 4.90 Å². The minimum Gasteiger partial charge on any atom is -0.508 e.